The van der Waals surface area contributed by atoms with E-state index in [4.69, 9.17) is 10.5 Å². The molecule has 0 saturated heterocycles. The van der Waals surface area contributed by atoms with Crippen molar-refractivity contribution in [2.45, 2.75) is 13.0 Å². The quantitative estimate of drug-likeness (QED) is 0.567. The van der Waals surface area contributed by atoms with E-state index in [0.29, 0.717) is 16.0 Å². The Hall–Kier alpha value is -1.44. The van der Waals surface area contributed by atoms with Gasteiger partial charge in [0.25, 0.3) is 5.69 Å². The molecule has 5 nitrogen and oxygen atoms in total. The van der Waals surface area contributed by atoms with Crippen LogP contribution in [0.5, 0.6) is 11.5 Å². The smallest absolute Gasteiger partial charge is 0.273 e. The van der Waals surface area contributed by atoms with E-state index >= 15 is 0 Å². The highest BCUT2D eigenvalue weighted by Gasteiger charge is 2.13. The first-order valence-corrected chi connectivity index (χ1v) is 7.64. The Morgan fingerprint density at radius 2 is 1.86 bits per heavy atom. The van der Waals surface area contributed by atoms with Gasteiger partial charge in [0, 0.05) is 12.1 Å². The molecular weight excluding hydrogens is 404 g/mol. The van der Waals surface area contributed by atoms with Gasteiger partial charge in [-0.15, -0.1) is 0 Å². The summed E-state index contributed by atoms with van der Waals surface area (Å²) in [6, 6.07) is 9.77. The SMILES string of the molecule is CC(N)c1ccc(Oc2cc([N+](=O)[O-])ccc2Br)c(Br)c1. The van der Waals surface area contributed by atoms with E-state index < -0.39 is 4.92 Å². The Bertz CT molecular complexity index is 690. The van der Waals surface area contributed by atoms with Gasteiger partial charge in [-0.05, 0) is 62.5 Å². The van der Waals surface area contributed by atoms with Crippen LogP contribution in [0.2, 0.25) is 0 Å². The number of ether oxygens (including phenoxy) is 1. The van der Waals surface area contributed by atoms with Crippen LogP contribution in [0.15, 0.2) is 45.3 Å². The molecular formula is C14H12Br2N2O3. The molecule has 7 heteroatoms. The van der Waals surface area contributed by atoms with Gasteiger partial charge in [-0.2, -0.15) is 0 Å². The minimum atomic E-state index is -0.465. The summed E-state index contributed by atoms with van der Waals surface area (Å²) in [6.07, 6.45) is 0. The van der Waals surface area contributed by atoms with Crippen molar-refractivity contribution in [1.29, 1.82) is 0 Å². The van der Waals surface area contributed by atoms with Crippen molar-refractivity contribution >= 4 is 37.5 Å². The minimum absolute atomic E-state index is 0.0310. The van der Waals surface area contributed by atoms with E-state index in [0.717, 1.165) is 10.0 Å². The van der Waals surface area contributed by atoms with Crippen molar-refractivity contribution in [2.24, 2.45) is 5.73 Å². The molecule has 1 unspecified atom stereocenters. The summed E-state index contributed by atoms with van der Waals surface area (Å²) in [5, 5.41) is 10.8. The number of hydrogen-bond donors (Lipinski definition) is 1. The number of nitrogens with two attached hydrogens (primary N) is 1. The van der Waals surface area contributed by atoms with Crippen LogP contribution in [0.4, 0.5) is 5.69 Å². The van der Waals surface area contributed by atoms with Crippen molar-refractivity contribution in [3.8, 4) is 11.5 Å². The lowest BCUT2D eigenvalue weighted by atomic mass is 10.1. The van der Waals surface area contributed by atoms with Crippen molar-refractivity contribution in [1.82, 2.24) is 0 Å². The van der Waals surface area contributed by atoms with Crippen LogP contribution in [-0.4, -0.2) is 4.92 Å². The van der Waals surface area contributed by atoms with Gasteiger partial charge in [0.2, 0.25) is 0 Å². The second-order valence-electron chi connectivity index (χ2n) is 4.45. The van der Waals surface area contributed by atoms with Gasteiger partial charge in [-0.1, -0.05) is 6.07 Å². The maximum Gasteiger partial charge on any atom is 0.273 e. The molecule has 0 bridgehead atoms. The third kappa shape index (κ3) is 3.81. The number of nitro benzene ring substituents is 1. The molecule has 2 aromatic carbocycles. The zero-order chi connectivity index (χ0) is 15.6. The first-order valence-electron chi connectivity index (χ1n) is 6.05. The third-order valence-electron chi connectivity index (χ3n) is 2.83. The Morgan fingerprint density at radius 1 is 1.14 bits per heavy atom. The number of benzene rings is 2. The molecule has 0 heterocycles. The van der Waals surface area contributed by atoms with Crippen molar-refractivity contribution in [2.75, 3.05) is 0 Å². The van der Waals surface area contributed by atoms with Gasteiger partial charge >= 0.3 is 0 Å². The first-order chi connectivity index (χ1) is 9.88. The molecule has 0 aliphatic rings. The zero-order valence-corrected chi connectivity index (χ0v) is 14.2. The summed E-state index contributed by atoms with van der Waals surface area (Å²) < 4.78 is 7.09. The summed E-state index contributed by atoms with van der Waals surface area (Å²) in [5.41, 5.74) is 6.75. The molecule has 0 aliphatic carbocycles. The van der Waals surface area contributed by atoms with Crippen LogP contribution in [0, 0.1) is 10.1 Å². The molecule has 2 N–H and O–H groups in total. The van der Waals surface area contributed by atoms with Crippen LogP contribution in [0.3, 0.4) is 0 Å². The highest BCUT2D eigenvalue weighted by atomic mass is 79.9. The molecule has 2 rings (SSSR count). The summed E-state index contributed by atoms with van der Waals surface area (Å²) in [6.45, 7) is 1.89. The van der Waals surface area contributed by atoms with Gasteiger partial charge in [0.1, 0.15) is 11.5 Å². The fraction of sp³-hybridized carbons (Fsp3) is 0.143. The Labute approximate surface area is 138 Å². The summed E-state index contributed by atoms with van der Waals surface area (Å²) in [7, 11) is 0. The van der Waals surface area contributed by atoms with Crippen LogP contribution >= 0.6 is 31.9 Å². The molecule has 0 radical (unpaired) electrons. The topological polar surface area (TPSA) is 78.4 Å². The fourth-order valence-electron chi connectivity index (χ4n) is 1.69. The van der Waals surface area contributed by atoms with Gasteiger partial charge in [-0.25, -0.2) is 0 Å². The lowest BCUT2D eigenvalue weighted by molar-refractivity contribution is -0.384. The summed E-state index contributed by atoms with van der Waals surface area (Å²) in [5.74, 6) is 0.930. The second kappa shape index (κ2) is 6.55. The number of halogens is 2. The van der Waals surface area contributed by atoms with E-state index in [1.165, 1.54) is 12.1 Å². The van der Waals surface area contributed by atoms with E-state index in [-0.39, 0.29) is 11.7 Å². The molecule has 0 aliphatic heterocycles. The van der Waals surface area contributed by atoms with Crippen LogP contribution < -0.4 is 10.5 Å². The molecule has 110 valence electrons. The summed E-state index contributed by atoms with van der Waals surface area (Å²) in [4.78, 5) is 10.4. The third-order valence-corrected chi connectivity index (χ3v) is 4.10. The molecule has 0 amide bonds. The second-order valence-corrected chi connectivity index (χ2v) is 6.16. The fourth-order valence-corrected chi connectivity index (χ4v) is 2.49. The van der Waals surface area contributed by atoms with Gasteiger partial charge < -0.3 is 10.5 Å². The number of rotatable bonds is 4. The van der Waals surface area contributed by atoms with Gasteiger partial charge in [-0.3, -0.25) is 10.1 Å². The minimum Gasteiger partial charge on any atom is -0.455 e. The Balaban J connectivity index is 2.34. The largest absolute Gasteiger partial charge is 0.455 e. The molecule has 0 aromatic heterocycles. The Kier molecular flexibility index (Phi) is 4.97. The zero-order valence-electron chi connectivity index (χ0n) is 11.0. The number of hydrogen-bond acceptors (Lipinski definition) is 4. The van der Waals surface area contributed by atoms with E-state index in [1.807, 2.05) is 19.1 Å². The molecule has 0 saturated carbocycles. The van der Waals surface area contributed by atoms with E-state index in [2.05, 4.69) is 31.9 Å². The lowest BCUT2D eigenvalue weighted by Gasteiger charge is -2.12. The van der Waals surface area contributed by atoms with Crippen molar-refractivity contribution < 1.29 is 9.66 Å². The monoisotopic (exact) mass is 414 g/mol. The van der Waals surface area contributed by atoms with Crippen molar-refractivity contribution in [3.05, 3.63) is 61.0 Å². The molecule has 21 heavy (non-hydrogen) atoms. The average Bonchev–Trinajstić information content (AvgIpc) is 2.42. The van der Waals surface area contributed by atoms with E-state index in [9.17, 15) is 10.1 Å². The average molecular weight is 416 g/mol. The number of nitrogens with zero attached hydrogens (tertiary/aromatic N) is 1. The normalized spacial score (nSPS) is 12.0. The predicted molar refractivity (Wildman–Crippen MR) is 87.6 cm³/mol. The number of nitro groups is 1. The van der Waals surface area contributed by atoms with Crippen LogP contribution in [0.1, 0.15) is 18.5 Å². The summed E-state index contributed by atoms with van der Waals surface area (Å²) >= 11 is 6.73. The van der Waals surface area contributed by atoms with Gasteiger partial charge in [0.15, 0.2) is 0 Å². The highest BCUT2D eigenvalue weighted by Crippen LogP contribution is 2.36. The van der Waals surface area contributed by atoms with Gasteiger partial charge in [0.05, 0.1) is 19.9 Å². The maximum absolute atomic E-state index is 10.8. The predicted octanol–water partition coefficient (Wildman–Crippen LogP) is 4.93. The first kappa shape index (κ1) is 15.9. The van der Waals surface area contributed by atoms with E-state index in [1.54, 1.807) is 12.1 Å². The van der Waals surface area contributed by atoms with Crippen molar-refractivity contribution in [3.63, 3.8) is 0 Å². The number of non-ortho nitro benzene ring substituents is 1. The lowest BCUT2D eigenvalue weighted by Crippen LogP contribution is -2.04. The van der Waals surface area contributed by atoms with Crippen LogP contribution in [-0.2, 0) is 0 Å². The standard InChI is InChI=1S/C14H12Br2N2O3/c1-8(17)9-2-5-13(12(16)6-9)21-14-7-10(18(19)20)3-4-11(14)15/h2-8H,17H2,1H3. The Morgan fingerprint density at radius 3 is 2.43 bits per heavy atom. The molecule has 1 atom stereocenters. The molecule has 2 aromatic rings. The highest BCUT2D eigenvalue weighted by molar-refractivity contribution is 9.11. The van der Waals surface area contributed by atoms with Crippen LogP contribution in [0.25, 0.3) is 0 Å². The molecule has 0 fully saturated rings. The maximum atomic E-state index is 10.8. The molecule has 0 spiro atoms.